The Morgan fingerprint density at radius 2 is 2.29 bits per heavy atom. The number of anilines is 1. The van der Waals surface area contributed by atoms with Crippen LogP contribution in [0.15, 0.2) is 16.6 Å². The molecule has 0 aliphatic carbocycles. The lowest BCUT2D eigenvalue weighted by Crippen LogP contribution is -2.21. The zero-order valence-electron chi connectivity index (χ0n) is 11.1. The number of hydrogen-bond acceptors (Lipinski definition) is 4. The molecule has 1 aliphatic heterocycles. The molecule has 1 atom stereocenters. The summed E-state index contributed by atoms with van der Waals surface area (Å²) in [5, 5.41) is 19.8. The second-order valence-corrected chi connectivity index (χ2v) is 5.90. The van der Waals surface area contributed by atoms with Gasteiger partial charge in [-0.1, -0.05) is 0 Å². The normalized spacial score (nSPS) is 18.0. The molecule has 0 spiro atoms. The van der Waals surface area contributed by atoms with E-state index in [0.29, 0.717) is 19.5 Å². The maximum Gasteiger partial charge on any atom is 0.303 e. The van der Waals surface area contributed by atoms with E-state index in [1.54, 1.807) is 4.90 Å². The van der Waals surface area contributed by atoms with Crippen LogP contribution in [0, 0.1) is 21.8 Å². The molecule has 0 aromatic heterocycles. The van der Waals surface area contributed by atoms with E-state index in [-0.39, 0.29) is 28.2 Å². The molecule has 8 heteroatoms. The van der Waals surface area contributed by atoms with Gasteiger partial charge in [-0.15, -0.1) is 0 Å². The van der Waals surface area contributed by atoms with Crippen molar-refractivity contribution in [1.82, 2.24) is 0 Å². The number of nitro benzene ring substituents is 1. The molecule has 1 aromatic rings. The molecule has 0 bridgehead atoms. The fourth-order valence-electron chi connectivity index (χ4n) is 2.54. The zero-order chi connectivity index (χ0) is 15.6. The topological polar surface area (TPSA) is 83.7 Å². The summed E-state index contributed by atoms with van der Waals surface area (Å²) in [7, 11) is 0. The highest BCUT2D eigenvalue weighted by Crippen LogP contribution is 2.36. The zero-order valence-corrected chi connectivity index (χ0v) is 12.7. The average Bonchev–Trinajstić information content (AvgIpc) is 2.87. The monoisotopic (exact) mass is 360 g/mol. The fraction of sp³-hybridized carbons (Fsp3) is 0.462. The van der Waals surface area contributed by atoms with Crippen molar-refractivity contribution in [3.8, 4) is 0 Å². The van der Waals surface area contributed by atoms with Gasteiger partial charge in [0.1, 0.15) is 11.5 Å². The Hall–Kier alpha value is -1.70. The van der Waals surface area contributed by atoms with Crippen LogP contribution in [0.2, 0.25) is 0 Å². The smallest absolute Gasteiger partial charge is 0.303 e. The van der Waals surface area contributed by atoms with Gasteiger partial charge in [-0.2, -0.15) is 0 Å². The van der Waals surface area contributed by atoms with Gasteiger partial charge < -0.3 is 10.0 Å². The average molecular weight is 361 g/mol. The van der Waals surface area contributed by atoms with E-state index in [2.05, 4.69) is 15.9 Å². The predicted octanol–water partition coefficient (Wildman–Crippen LogP) is 3.19. The first-order chi connectivity index (χ1) is 9.88. The lowest BCUT2D eigenvalue weighted by Gasteiger charge is -2.19. The number of nitro groups is 1. The number of aliphatic carboxylic acids is 1. The van der Waals surface area contributed by atoms with Crippen molar-refractivity contribution in [2.75, 3.05) is 18.0 Å². The van der Waals surface area contributed by atoms with Crippen LogP contribution >= 0.6 is 15.9 Å². The van der Waals surface area contributed by atoms with Crippen LogP contribution in [0.4, 0.5) is 15.8 Å². The van der Waals surface area contributed by atoms with E-state index < -0.39 is 16.7 Å². The molecular formula is C13H14BrFN2O4. The molecule has 114 valence electrons. The van der Waals surface area contributed by atoms with Crippen molar-refractivity contribution in [3.05, 3.63) is 32.5 Å². The van der Waals surface area contributed by atoms with Crippen molar-refractivity contribution in [1.29, 1.82) is 0 Å². The molecule has 0 saturated carbocycles. The molecule has 1 aliphatic rings. The highest BCUT2D eigenvalue weighted by atomic mass is 79.9. The van der Waals surface area contributed by atoms with E-state index in [1.807, 2.05) is 0 Å². The number of rotatable bonds is 5. The van der Waals surface area contributed by atoms with Gasteiger partial charge in [-0.25, -0.2) is 4.39 Å². The predicted molar refractivity (Wildman–Crippen MR) is 77.9 cm³/mol. The third kappa shape index (κ3) is 3.69. The van der Waals surface area contributed by atoms with Crippen molar-refractivity contribution in [2.45, 2.75) is 19.3 Å². The van der Waals surface area contributed by atoms with Crippen LogP contribution in [-0.4, -0.2) is 29.1 Å². The first-order valence-corrected chi connectivity index (χ1v) is 7.28. The quantitative estimate of drug-likeness (QED) is 0.643. The van der Waals surface area contributed by atoms with E-state index in [0.717, 1.165) is 18.6 Å². The summed E-state index contributed by atoms with van der Waals surface area (Å²) in [5.74, 6) is -1.24. The van der Waals surface area contributed by atoms with E-state index in [9.17, 15) is 19.3 Å². The van der Waals surface area contributed by atoms with Gasteiger partial charge >= 0.3 is 5.97 Å². The molecule has 1 fully saturated rings. The van der Waals surface area contributed by atoms with E-state index >= 15 is 0 Å². The number of nitrogens with zero attached hydrogens (tertiary/aromatic N) is 2. The third-order valence-electron chi connectivity index (χ3n) is 3.61. The highest BCUT2D eigenvalue weighted by Gasteiger charge is 2.29. The fourth-order valence-corrected chi connectivity index (χ4v) is 2.87. The van der Waals surface area contributed by atoms with Crippen LogP contribution in [0.25, 0.3) is 0 Å². The van der Waals surface area contributed by atoms with Gasteiger partial charge in [-0.3, -0.25) is 14.9 Å². The van der Waals surface area contributed by atoms with Crippen LogP contribution in [0.1, 0.15) is 19.3 Å². The summed E-state index contributed by atoms with van der Waals surface area (Å²) >= 11 is 2.95. The molecule has 1 unspecified atom stereocenters. The number of carbonyl (C=O) groups is 1. The second-order valence-electron chi connectivity index (χ2n) is 5.05. The summed E-state index contributed by atoms with van der Waals surface area (Å²) < 4.78 is 13.7. The van der Waals surface area contributed by atoms with Crippen LogP contribution in [0.5, 0.6) is 0 Å². The SMILES string of the molecule is O=C(O)CCC1CCN(c2cc(F)c(Br)cc2[N+](=O)[O-])C1. The maximum absolute atomic E-state index is 13.7. The minimum atomic E-state index is -0.853. The van der Waals surface area contributed by atoms with Gasteiger partial charge in [-0.05, 0) is 34.7 Å². The van der Waals surface area contributed by atoms with Crippen molar-refractivity contribution in [3.63, 3.8) is 0 Å². The number of halogens is 2. The summed E-state index contributed by atoms with van der Waals surface area (Å²) in [4.78, 5) is 22.9. The second kappa shape index (κ2) is 6.38. The molecular weight excluding hydrogens is 347 g/mol. The Balaban J connectivity index is 2.17. The summed E-state index contributed by atoms with van der Waals surface area (Å²) in [5.41, 5.74) is 0.0979. The first-order valence-electron chi connectivity index (χ1n) is 6.48. The summed E-state index contributed by atoms with van der Waals surface area (Å²) in [6, 6.07) is 2.32. The van der Waals surface area contributed by atoms with Crippen LogP contribution < -0.4 is 4.90 Å². The minimum Gasteiger partial charge on any atom is -0.481 e. The Kier molecular flexibility index (Phi) is 4.76. The molecule has 2 rings (SSSR count). The van der Waals surface area contributed by atoms with Gasteiger partial charge in [0.15, 0.2) is 0 Å². The first kappa shape index (κ1) is 15.7. The lowest BCUT2D eigenvalue weighted by molar-refractivity contribution is -0.384. The van der Waals surface area contributed by atoms with Gasteiger partial charge in [0, 0.05) is 31.6 Å². The lowest BCUT2D eigenvalue weighted by atomic mass is 10.0. The van der Waals surface area contributed by atoms with Crippen LogP contribution in [-0.2, 0) is 4.79 Å². The Bertz CT molecular complexity index is 582. The Labute approximate surface area is 128 Å². The molecule has 0 radical (unpaired) electrons. The summed E-state index contributed by atoms with van der Waals surface area (Å²) in [6.07, 6.45) is 1.36. The number of benzene rings is 1. The number of carboxylic acid groups (broad SMARTS) is 1. The van der Waals surface area contributed by atoms with Crippen molar-refractivity contribution >= 4 is 33.3 Å². The largest absolute Gasteiger partial charge is 0.481 e. The molecule has 1 heterocycles. The number of carboxylic acids is 1. The molecule has 0 amide bonds. The van der Waals surface area contributed by atoms with E-state index in [4.69, 9.17) is 5.11 Å². The van der Waals surface area contributed by atoms with Gasteiger partial charge in [0.2, 0.25) is 0 Å². The molecule has 21 heavy (non-hydrogen) atoms. The summed E-state index contributed by atoms with van der Waals surface area (Å²) in [6.45, 7) is 1.07. The van der Waals surface area contributed by atoms with E-state index in [1.165, 1.54) is 0 Å². The van der Waals surface area contributed by atoms with Crippen molar-refractivity contribution < 1.29 is 19.2 Å². The Morgan fingerprint density at radius 1 is 1.57 bits per heavy atom. The third-order valence-corrected chi connectivity index (χ3v) is 4.21. The van der Waals surface area contributed by atoms with Crippen LogP contribution in [0.3, 0.4) is 0 Å². The van der Waals surface area contributed by atoms with Gasteiger partial charge in [0.25, 0.3) is 5.69 Å². The molecule has 1 aromatic carbocycles. The number of hydrogen-bond donors (Lipinski definition) is 1. The maximum atomic E-state index is 13.7. The Morgan fingerprint density at radius 3 is 2.90 bits per heavy atom. The molecule has 1 saturated heterocycles. The molecule has 1 N–H and O–H groups in total. The standard InChI is InChI=1S/C13H14BrFN2O4/c14-9-5-12(17(20)21)11(6-10(9)15)16-4-3-8(7-16)1-2-13(18)19/h5-6,8H,1-4,7H2,(H,18,19). The van der Waals surface area contributed by atoms with Gasteiger partial charge in [0.05, 0.1) is 9.40 Å². The van der Waals surface area contributed by atoms with Crippen molar-refractivity contribution in [2.24, 2.45) is 5.92 Å². The highest BCUT2D eigenvalue weighted by molar-refractivity contribution is 9.10. The molecule has 6 nitrogen and oxygen atoms in total. The minimum absolute atomic E-state index is 0.0552.